The number of likely N-dealkylation sites (tertiary alicyclic amines) is 1. The van der Waals surface area contributed by atoms with Crippen LogP contribution in [0.15, 0.2) is 27.7 Å². The van der Waals surface area contributed by atoms with Crippen molar-refractivity contribution < 1.29 is 27.2 Å². The minimum atomic E-state index is -3.74. The molecule has 0 saturated carbocycles. The van der Waals surface area contributed by atoms with Crippen molar-refractivity contribution in [1.29, 1.82) is 0 Å². The Morgan fingerprint density at radius 2 is 1.73 bits per heavy atom. The van der Waals surface area contributed by atoms with Crippen molar-refractivity contribution in [3.8, 4) is 11.5 Å². The van der Waals surface area contributed by atoms with Crippen LogP contribution in [0.25, 0.3) is 0 Å². The van der Waals surface area contributed by atoms with Crippen LogP contribution in [0.4, 0.5) is 0 Å². The number of hydrogen-bond acceptors (Lipinski definition) is 10. The number of pyridine rings is 1. The average molecular weight is 586 g/mol. The summed E-state index contributed by atoms with van der Waals surface area (Å²) >= 11 is 0. The molecule has 1 amide bonds. The standard InChI is InChI=1S/C29H39N5O6S/c1-18-12-23(38-6)13-19(2)29(18)41(36,37)17-25-31-26(40-32-25)14-27(35)33(5)22-8-10-34(11-9-22)16-24-21(4)28(39-7)20(3)15-30-24/h12-13,15,22H,8-11,14,16-17H2,1-7H3. The first-order valence-electron chi connectivity index (χ1n) is 13.6. The number of hydrogen-bond donors (Lipinski definition) is 0. The van der Waals surface area contributed by atoms with Crippen LogP contribution in [-0.2, 0) is 33.4 Å². The van der Waals surface area contributed by atoms with Crippen molar-refractivity contribution in [3.05, 3.63) is 58.0 Å². The molecule has 0 N–H and O–H groups in total. The summed E-state index contributed by atoms with van der Waals surface area (Å²) < 4.78 is 42.3. The van der Waals surface area contributed by atoms with E-state index in [0.29, 0.717) is 16.9 Å². The summed E-state index contributed by atoms with van der Waals surface area (Å²) in [5.41, 5.74) is 4.24. The summed E-state index contributed by atoms with van der Waals surface area (Å²) in [6.45, 7) is 9.88. The molecule has 0 bridgehead atoms. The van der Waals surface area contributed by atoms with Gasteiger partial charge in [0.25, 0.3) is 0 Å². The summed E-state index contributed by atoms with van der Waals surface area (Å²) in [5, 5.41) is 3.84. The number of nitrogens with zero attached hydrogens (tertiary/aromatic N) is 5. The van der Waals surface area contributed by atoms with E-state index in [1.807, 2.05) is 20.0 Å². The zero-order valence-electron chi connectivity index (χ0n) is 24.9. The number of benzene rings is 1. The van der Waals surface area contributed by atoms with Gasteiger partial charge in [0.2, 0.25) is 11.8 Å². The van der Waals surface area contributed by atoms with E-state index in [0.717, 1.165) is 55.0 Å². The van der Waals surface area contributed by atoms with E-state index in [9.17, 15) is 13.2 Å². The van der Waals surface area contributed by atoms with Gasteiger partial charge in [-0.05, 0) is 63.8 Å². The molecule has 222 valence electrons. The lowest BCUT2D eigenvalue weighted by molar-refractivity contribution is -0.132. The summed E-state index contributed by atoms with van der Waals surface area (Å²) in [6, 6.07) is 3.44. The Kier molecular flexibility index (Phi) is 9.33. The Morgan fingerprint density at radius 1 is 1.07 bits per heavy atom. The highest BCUT2D eigenvalue weighted by molar-refractivity contribution is 7.90. The molecule has 1 fully saturated rings. The van der Waals surface area contributed by atoms with Crippen LogP contribution in [0.1, 0.15) is 52.5 Å². The molecule has 0 radical (unpaired) electrons. The second-order valence-corrected chi connectivity index (χ2v) is 12.6. The zero-order valence-corrected chi connectivity index (χ0v) is 25.7. The Labute approximate surface area is 241 Å². The van der Waals surface area contributed by atoms with Crippen molar-refractivity contribution in [2.75, 3.05) is 34.4 Å². The molecule has 1 saturated heterocycles. The minimum Gasteiger partial charge on any atom is -0.497 e. The zero-order chi connectivity index (χ0) is 29.9. The van der Waals surface area contributed by atoms with Crippen LogP contribution >= 0.6 is 0 Å². The third kappa shape index (κ3) is 6.87. The van der Waals surface area contributed by atoms with Crippen molar-refractivity contribution in [2.45, 2.75) is 70.2 Å². The number of carbonyl (C=O) groups excluding carboxylic acids is 1. The molecule has 4 rings (SSSR count). The molecule has 41 heavy (non-hydrogen) atoms. The van der Waals surface area contributed by atoms with Gasteiger partial charge in [-0.1, -0.05) is 5.16 Å². The lowest BCUT2D eigenvalue weighted by atomic mass is 10.0. The van der Waals surface area contributed by atoms with Crippen LogP contribution in [0.2, 0.25) is 0 Å². The summed E-state index contributed by atoms with van der Waals surface area (Å²) in [7, 11) is 1.27. The Hall–Kier alpha value is -3.51. The SMILES string of the molecule is COc1cc(C)c(S(=O)(=O)Cc2noc(CC(=O)N(C)C3CCN(Cc4ncc(C)c(OC)c4C)CC3)n2)c(C)c1. The average Bonchev–Trinajstić information content (AvgIpc) is 3.35. The molecule has 0 atom stereocenters. The number of aromatic nitrogens is 3. The van der Waals surface area contributed by atoms with E-state index in [-0.39, 0.29) is 35.0 Å². The van der Waals surface area contributed by atoms with Crippen molar-refractivity contribution in [3.63, 3.8) is 0 Å². The normalized spacial score (nSPS) is 14.7. The first-order chi connectivity index (χ1) is 19.4. The number of sulfone groups is 1. The van der Waals surface area contributed by atoms with Crippen LogP contribution < -0.4 is 9.47 Å². The predicted octanol–water partition coefficient (Wildman–Crippen LogP) is 3.35. The predicted molar refractivity (Wildman–Crippen MR) is 153 cm³/mol. The molecule has 1 aliphatic heterocycles. The lowest BCUT2D eigenvalue weighted by Crippen LogP contribution is -2.45. The Morgan fingerprint density at radius 3 is 2.34 bits per heavy atom. The molecular formula is C29H39N5O6S. The molecule has 0 aliphatic carbocycles. The molecule has 1 aromatic carbocycles. The lowest BCUT2D eigenvalue weighted by Gasteiger charge is -2.36. The summed E-state index contributed by atoms with van der Waals surface area (Å²) in [6.07, 6.45) is 3.42. The van der Waals surface area contributed by atoms with Gasteiger partial charge in [0.05, 0.1) is 24.8 Å². The van der Waals surface area contributed by atoms with E-state index in [1.165, 1.54) is 7.11 Å². The van der Waals surface area contributed by atoms with Gasteiger partial charge in [0, 0.05) is 50.0 Å². The summed E-state index contributed by atoms with van der Waals surface area (Å²) in [4.78, 5) is 26.2. The minimum absolute atomic E-state index is 0.0232. The molecule has 0 unspecified atom stereocenters. The molecular weight excluding hydrogens is 546 g/mol. The largest absolute Gasteiger partial charge is 0.497 e. The number of ether oxygens (including phenoxy) is 2. The monoisotopic (exact) mass is 585 g/mol. The number of likely N-dealkylation sites (N-methyl/N-ethyl adjacent to an activating group) is 1. The van der Waals surface area contributed by atoms with Gasteiger partial charge in [-0.25, -0.2) is 8.42 Å². The fraction of sp³-hybridized carbons (Fsp3) is 0.517. The molecule has 0 spiro atoms. The maximum Gasteiger partial charge on any atom is 0.236 e. The number of carbonyl (C=O) groups is 1. The number of methoxy groups -OCH3 is 2. The van der Waals surface area contributed by atoms with Crippen molar-refractivity contribution in [1.82, 2.24) is 24.9 Å². The fourth-order valence-corrected chi connectivity index (χ4v) is 7.25. The van der Waals surface area contributed by atoms with Crippen LogP contribution in [0.5, 0.6) is 11.5 Å². The van der Waals surface area contributed by atoms with Gasteiger partial charge in [-0.15, -0.1) is 0 Å². The second-order valence-electron chi connectivity index (χ2n) is 10.7. The van der Waals surface area contributed by atoms with Gasteiger partial charge in [0.15, 0.2) is 15.7 Å². The molecule has 3 heterocycles. The number of amides is 1. The number of piperidine rings is 1. The Balaban J connectivity index is 1.32. The quantitative estimate of drug-likeness (QED) is 0.349. The first-order valence-corrected chi connectivity index (χ1v) is 15.2. The van der Waals surface area contributed by atoms with Gasteiger partial charge in [0.1, 0.15) is 23.7 Å². The highest BCUT2D eigenvalue weighted by Crippen LogP contribution is 2.28. The molecule has 11 nitrogen and oxygen atoms in total. The molecule has 3 aromatic rings. The highest BCUT2D eigenvalue weighted by Gasteiger charge is 2.28. The summed E-state index contributed by atoms with van der Waals surface area (Å²) in [5.74, 6) is 1.02. The van der Waals surface area contributed by atoms with E-state index >= 15 is 0 Å². The van der Waals surface area contributed by atoms with Crippen molar-refractivity contribution in [2.24, 2.45) is 0 Å². The molecule has 12 heteroatoms. The maximum atomic E-state index is 13.1. The number of aryl methyl sites for hydroxylation is 3. The first kappa shape index (κ1) is 30.4. The van der Waals surface area contributed by atoms with E-state index in [1.54, 1.807) is 45.0 Å². The fourth-order valence-electron chi connectivity index (χ4n) is 5.55. The third-order valence-electron chi connectivity index (χ3n) is 7.73. The highest BCUT2D eigenvalue weighted by atomic mass is 32.2. The van der Waals surface area contributed by atoms with Gasteiger partial charge in [-0.2, -0.15) is 4.98 Å². The van der Waals surface area contributed by atoms with E-state index < -0.39 is 15.6 Å². The van der Waals surface area contributed by atoms with Crippen LogP contribution in [0.3, 0.4) is 0 Å². The molecule has 2 aromatic heterocycles. The van der Waals surface area contributed by atoms with Gasteiger partial charge in [-0.3, -0.25) is 14.7 Å². The Bertz CT molecular complexity index is 1490. The van der Waals surface area contributed by atoms with Crippen LogP contribution in [0, 0.1) is 27.7 Å². The third-order valence-corrected chi connectivity index (χ3v) is 9.64. The van der Waals surface area contributed by atoms with Crippen LogP contribution in [-0.4, -0.2) is 79.6 Å². The van der Waals surface area contributed by atoms with E-state index in [4.69, 9.17) is 14.0 Å². The van der Waals surface area contributed by atoms with Crippen molar-refractivity contribution >= 4 is 15.7 Å². The topological polar surface area (TPSA) is 128 Å². The maximum absolute atomic E-state index is 13.1. The second kappa shape index (κ2) is 12.6. The molecule has 1 aliphatic rings. The van der Waals surface area contributed by atoms with E-state index in [2.05, 4.69) is 20.0 Å². The number of rotatable bonds is 10. The van der Waals surface area contributed by atoms with Gasteiger partial charge >= 0.3 is 0 Å². The smallest absolute Gasteiger partial charge is 0.236 e. The van der Waals surface area contributed by atoms with Gasteiger partial charge < -0.3 is 18.9 Å².